The van der Waals surface area contributed by atoms with Gasteiger partial charge >= 0.3 is 24.3 Å². The molecule has 0 aliphatic carbocycles. The number of hydrogen-bond donors (Lipinski definition) is 2. The van der Waals surface area contributed by atoms with Crippen LogP contribution in [0.1, 0.15) is 37.7 Å². The normalized spacial score (nSPS) is 20.2. The van der Waals surface area contributed by atoms with Crippen LogP contribution in [0.4, 0.5) is 26.3 Å². The van der Waals surface area contributed by atoms with Gasteiger partial charge in [-0.1, -0.05) is 6.07 Å². The molecule has 3 aliphatic heterocycles. The molecule has 232 valence electrons. The zero-order valence-electron chi connectivity index (χ0n) is 22.1. The largest absolute Gasteiger partial charge is 0.490 e. The van der Waals surface area contributed by atoms with E-state index in [4.69, 9.17) is 29.3 Å². The van der Waals surface area contributed by atoms with Crippen LogP contribution in [0.25, 0.3) is 0 Å². The zero-order chi connectivity index (χ0) is 30.7. The van der Waals surface area contributed by atoms with Crippen molar-refractivity contribution in [2.75, 3.05) is 46.0 Å². The van der Waals surface area contributed by atoms with Crippen LogP contribution in [0.2, 0.25) is 0 Å². The van der Waals surface area contributed by atoms with Gasteiger partial charge in [0.1, 0.15) is 6.61 Å². The van der Waals surface area contributed by atoms with Gasteiger partial charge in [-0.05, 0) is 49.7 Å². The summed E-state index contributed by atoms with van der Waals surface area (Å²) in [5.41, 5.74) is 1.30. The summed E-state index contributed by atoms with van der Waals surface area (Å²) in [5, 5.41) is 14.2. The molecule has 16 heteroatoms. The van der Waals surface area contributed by atoms with Crippen LogP contribution in [-0.2, 0) is 30.4 Å². The molecule has 1 atom stereocenters. The van der Waals surface area contributed by atoms with Crippen LogP contribution in [-0.4, -0.2) is 107 Å². The first-order valence-electron chi connectivity index (χ1n) is 12.8. The number of alkyl halides is 6. The second-order valence-corrected chi connectivity index (χ2v) is 9.93. The molecular formula is C25H33F6N3O7. The Morgan fingerprint density at radius 3 is 2.15 bits per heavy atom. The van der Waals surface area contributed by atoms with Gasteiger partial charge in [0, 0.05) is 58.3 Å². The Balaban J connectivity index is 0.000000349. The molecule has 1 aromatic rings. The van der Waals surface area contributed by atoms with E-state index in [-0.39, 0.29) is 18.1 Å². The zero-order valence-corrected chi connectivity index (χ0v) is 22.1. The summed E-state index contributed by atoms with van der Waals surface area (Å²) in [4.78, 5) is 38.4. The van der Waals surface area contributed by atoms with Gasteiger partial charge in [0.05, 0.1) is 5.60 Å². The van der Waals surface area contributed by atoms with E-state index in [1.807, 2.05) is 23.4 Å². The molecule has 2 N–H and O–H groups in total. The van der Waals surface area contributed by atoms with Crippen LogP contribution in [0.5, 0.6) is 0 Å². The lowest BCUT2D eigenvalue weighted by Crippen LogP contribution is -2.64. The van der Waals surface area contributed by atoms with E-state index in [0.29, 0.717) is 12.5 Å². The van der Waals surface area contributed by atoms with Gasteiger partial charge < -0.3 is 24.6 Å². The fourth-order valence-corrected chi connectivity index (χ4v) is 4.69. The van der Waals surface area contributed by atoms with Gasteiger partial charge in [0.15, 0.2) is 0 Å². The van der Waals surface area contributed by atoms with Gasteiger partial charge in [-0.3, -0.25) is 14.7 Å². The standard InChI is InChI=1S/C21H31N3O3.2C2HF3O2/c25-20(24-8-1-2-9-24)15-26-10-5-18-6-11-27-21(12-18)16-23(17-21)14-19-4-3-7-22-13-19;2*3-2(4,5)1(6)7/h3-4,7,13,18H,1-2,5-6,8-12,14-17H2;2*(H,6,7). The number of carboxylic acids is 2. The van der Waals surface area contributed by atoms with Gasteiger partial charge in [-0.2, -0.15) is 26.3 Å². The van der Waals surface area contributed by atoms with E-state index in [1.54, 1.807) is 0 Å². The van der Waals surface area contributed by atoms with Crippen LogP contribution < -0.4 is 0 Å². The predicted octanol–water partition coefficient (Wildman–Crippen LogP) is 3.36. The Labute approximate surface area is 232 Å². The van der Waals surface area contributed by atoms with Crippen molar-refractivity contribution < 1.29 is 60.4 Å². The van der Waals surface area contributed by atoms with Gasteiger partial charge in [-0.25, -0.2) is 9.59 Å². The molecule has 0 aromatic carbocycles. The lowest BCUT2D eigenvalue weighted by Gasteiger charge is -2.53. The lowest BCUT2D eigenvalue weighted by atomic mass is 9.79. The number of amides is 1. The van der Waals surface area contributed by atoms with Gasteiger partial charge in [0.25, 0.3) is 0 Å². The van der Waals surface area contributed by atoms with E-state index >= 15 is 0 Å². The third kappa shape index (κ3) is 12.2. The molecule has 1 amide bonds. The maximum atomic E-state index is 12.0. The molecule has 1 unspecified atom stereocenters. The van der Waals surface area contributed by atoms with Crippen molar-refractivity contribution in [3.63, 3.8) is 0 Å². The third-order valence-electron chi connectivity index (χ3n) is 6.59. The number of carbonyl (C=O) groups excluding carboxylic acids is 1. The highest BCUT2D eigenvalue weighted by Crippen LogP contribution is 2.38. The summed E-state index contributed by atoms with van der Waals surface area (Å²) < 4.78 is 75.3. The minimum absolute atomic E-state index is 0.0382. The van der Waals surface area contributed by atoms with E-state index < -0.39 is 24.3 Å². The number of aromatic nitrogens is 1. The summed E-state index contributed by atoms with van der Waals surface area (Å²) in [5.74, 6) is -4.72. The first-order chi connectivity index (χ1) is 19.1. The van der Waals surface area contributed by atoms with Crippen molar-refractivity contribution in [2.45, 2.75) is 56.6 Å². The van der Waals surface area contributed by atoms with Crippen molar-refractivity contribution in [1.82, 2.24) is 14.8 Å². The Morgan fingerprint density at radius 2 is 1.63 bits per heavy atom. The van der Waals surface area contributed by atoms with E-state index in [1.165, 1.54) is 5.56 Å². The number of aliphatic carboxylic acids is 2. The summed E-state index contributed by atoms with van der Waals surface area (Å²) in [6.45, 7) is 6.54. The van der Waals surface area contributed by atoms with Crippen molar-refractivity contribution in [1.29, 1.82) is 0 Å². The molecule has 0 radical (unpaired) electrons. The average molecular weight is 602 g/mol. The molecule has 3 saturated heterocycles. The minimum Gasteiger partial charge on any atom is -0.475 e. The first-order valence-corrected chi connectivity index (χ1v) is 12.8. The van der Waals surface area contributed by atoms with Crippen LogP contribution in [0.15, 0.2) is 24.5 Å². The topological polar surface area (TPSA) is 130 Å². The summed E-state index contributed by atoms with van der Waals surface area (Å²) in [7, 11) is 0. The van der Waals surface area contributed by atoms with Gasteiger partial charge in [-0.15, -0.1) is 0 Å². The molecule has 3 fully saturated rings. The number of halogens is 6. The summed E-state index contributed by atoms with van der Waals surface area (Å²) >= 11 is 0. The van der Waals surface area contributed by atoms with E-state index in [0.717, 1.165) is 71.4 Å². The monoisotopic (exact) mass is 601 g/mol. The highest BCUT2D eigenvalue weighted by atomic mass is 19.4. The second kappa shape index (κ2) is 15.3. The number of nitrogens with zero attached hydrogens (tertiary/aromatic N) is 3. The number of rotatable bonds is 7. The lowest BCUT2D eigenvalue weighted by molar-refractivity contribution is -0.193. The maximum Gasteiger partial charge on any atom is 0.490 e. The molecule has 4 rings (SSSR count). The molecule has 0 bridgehead atoms. The molecule has 41 heavy (non-hydrogen) atoms. The maximum absolute atomic E-state index is 12.0. The minimum atomic E-state index is -5.08. The first kappa shape index (κ1) is 34.2. The number of likely N-dealkylation sites (tertiary alicyclic amines) is 2. The van der Waals surface area contributed by atoms with Crippen molar-refractivity contribution in [2.24, 2.45) is 5.92 Å². The molecule has 1 spiro atoms. The molecule has 10 nitrogen and oxygen atoms in total. The third-order valence-corrected chi connectivity index (χ3v) is 6.59. The summed E-state index contributed by atoms with van der Waals surface area (Å²) in [6.07, 6.45) is -0.900. The predicted molar refractivity (Wildman–Crippen MR) is 130 cm³/mol. The van der Waals surface area contributed by atoms with E-state index in [2.05, 4.69) is 16.0 Å². The molecular weight excluding hydrogens is 568 g/mol. The quantitative estimate of drug-likeness (QED) is 0.357. The highest BCUT2D eigenvalue weighted by Gasteiger charge is 2.47. The number of pyridine rings is 1. The Morgan fingerprint density at radius 1 is 1.05 bits per heavy atom. The molecule has 1 aromatic heterocycles. The van der Waals surface area contributed by atoms with Crippen molar-refractivity contribution in [3.8, 4) is 0 Å². The Kier molecular flexibility index (Phi) is 12.8. The van der Waals surface area contributed by atoms with Crippen LogP contribution >= 0.6 is 0 Å². The highest BCUT2D eigenvalue weighted by molar-refractivity contribution is 5.77. The number of ether oxygens (including phenoxy) is 2. The fourth-order valence-electron chi connectivity index (χ4n) is 4.69. The second-order valence-electron chi connectivity index (χ2n) is 9.93. The SMILES string of the molecule is O=C(COCCC1CCOC2(C1)CN(Cc1cccnc1)C2)N1CCCC1.O=C(O)C(F)(F)F.O=C(O)C(F)(F)F. The molecule has 0 saturated carbocycles. The van der Waals surface area contributed by atoms with E-state index in [9.17, 15) is 31.1 Å². The Bertz CT molecular complexity index is 958. The van der Waals surface area contributed by atoms with Crippen LogP contribution in [0, 0.1) is 5.92 Å². The fraction of sp³-hybridized carbons (Fsp3) is 0.680. The number of carbonyl (C=O) groups is 3. The Hall–Kier alpha value is -2.98. The summed E-state index contributed by atoms with van der Waals surface area (Å²) in [6, 6.07) is 4.12. The smallest absolute Gasteiger partial charge is 0.475 e. The van der Waals surface area contributed by atoms with Crippen molar-refractivity contribution >= 4 is 17.8 Å². The molecule has 4 heterocycles. The number of hydrogen-bond acceptors (Lipinski definition) is 7. The average Bonchev–Trinajstić information content (AvgIpc) is 3.41. The van der Waals surface area contributed by atoms with Gasteiger partial charge in [0.2, 0.25) is 5.91 Å². The van der Waals surface area contributed by atoms with Crippen molar-refractivity contribution in [3.05, 3.63) is 30.1 Å². The number of carboxylic acid groups (broad SMARTS) is 2. The van der Waals surface area contributed by atoms with Crippen LogP contribution in [0.3, 0.4) is 0 Å². The molecule has 3 aliphatic rings.